The molecule has 90 valence electrons. The molecule has 1 N–H and O–H groups in total. The molecule has 1 rings (SSSR count). The second-order valence-corrected chi connectivity index (χ2v) is 6.05. The standard InChI is InChI=1S/C14H24N2/c1-13(2,3)16-10-8-14(4,5)12-7-6-9-15-11-12/h6-7,9,11,16H,8,10H2,1-5H3. The van der Waals surface area contributed by atoms with E-state index in [1.165, 1.54) is 5.56 Å². The molecule has 0 aliphatic rings. The SMILES string of the molecule is CC(C)(C)NCCC(C)(C)c1cccnc1. The highest BCUT2D eigenvalue weighted by Gasteiger charge is 2.21. The van der Waals surface area contributed by atoms with Crippen LogP contribution in [0.3, 0.4) is 0 Å². The van der Waals surface area contributed by atoms with Gasteiger partial charge in [0.1, 0.15) is 0 Å². The van der Waals surface area contributed by atoms with Gasteiger partial charge in [0.05, 0.1) is 0 Å². The van der Waals surface area contributed by atoms with Crippen LogP contribution in [0.5, 0.6) is 0 Å². The van der Waals surface area contributed by atoms with E-state index in [1.807, 2.05) is 18.5 Å². The molecule has 0 aliphatic heterocycles. The molecule has 1 aromatic heterocycles. The molecule has 0 saturated carbocycles. The van der Waals surface area contributed by atoms with Crippen molar-refractivity contribution < 1.29 is 0 Å². The maximum absolute atomic E-state index is 4.19. The van der Waals surface area contributed by atoms with Crippen LogP contribution in [0.15, 0.2) is 24.5 Å². The summed E-state index contributed by atoms with van der Waals surface area (Å²) in [6.07, 6.45) is 4.92. The predicted molar refractivity (Wildman–Crippen MR) is 69.6 cm³/mol. The molecule has 1 heterocycles. The van der Waals surface area contributed by atoms with E-state index < -0.39 is 0 Å². The Labute approximate surface area is 99.5 Å². The zero-order chi connectivity index (χ0) is 12.2. The fraction of sp³-hybridized carbons (Fsp3) is 0.643. The Morgan fingerprint density at radius 1 is 1.19 bits per heavy atom. The van der Waals surface area contributed by atoms with Gasteiger partial charge in [-0.3, -0.25) is 4.98 Å². The molecule has 1 aromatic rings. The van der Waals surface area contributed by atoms with Gasteiger partial charge in [-0.15, -0.1) is 0 Å². The number of rotatable bonds is 4. The maximum Gasteiger partial charge on any atom is 0.0305 e. The normalized spacial score (nSPS) is 12.8. The Balaban J connectivity index is 2.53. The van der Waals surface area contributed by atoms with Crippen LogP contribution in [0.4, 0.5) is 0 Å². The lowest BCUT2D eigenvalue weighted by atomic mass is 9.82. The molecule has 0 spiro atoms. The van der Waals surface area contributed by atoms with Gasteiger partial charge in [-0.2, -0.15) is 0 Å². The van der Waals surface area contributed by atoms with Crippen molar-refractivity contribution in [2.45, 2.75) is 52.0 Å². The molecule has 0 saturated heterocycles. The molecular formula is C14H24N2. The molecule has 0 bridgehead atoms. The minimum Gasteiger partial charge on any atom is -0.312 e. The molecule has 0 unspecified atom stereocenters. The number of nitrogens with zero attached hydrogens (tertiary/aromatic N) is 1. The zero-order valence-electron chi connectivity index (χ0n) is 11.2. The van der Waals surface area contributed by atoms with Gasteiger partial charge in [0.2, 0.25) is 0 Å². The van der Waals surface area contributed by atoms with Crippen LogP contribution < -0.4 is 5.32 Å². The van der Waals surface area contributed by atoms with Gasteiger partial charge < -0.3 is 5.32 Å². The molecule has 0 atom stereocenters. The van der Waals surface area contributed by atoms with Gasteiger partial charge >= 0.3 is 0 Å². The van der Waals surface area contributed by atoms with Crippen LogP contribution in [0.25, 0.3) is 0 Å². The van der Waals surface area contributed by atoms with Gasteiger partial charge in [0.15, 0.2) is 0 Å². The fourth-order valence-electron chi connectivity index (χ4n) is 1.66. The average molecular weight is 220 g/mol. The van der Waals surface area contributed by atoms with Gasteiger partial charge in [-0.25, -0.2) is 0 Å². The Morgan fingerprint density at radius 2 is 1.88 bits per heavy atom. The van der Waals surface area contributed by atoms with Crippen LogP contribution in [0.2, 0.25) is 0 Å². The number of hydrogen-bond donors (Lipinski definition) is 1. The van der Waals surface area contributed by atoms with E-state index in [0.29, 0.717) is 0 Å². The Bertz CT molecular complexity index is 309. The van der Waals surface area contributed by atoms with Crippen molar-refractivity contribution in [3.05, 3.63) is 30.1 Å². The molecule has 2 heteroatoms. The van der Waals surface area contributed by atoms with Crippen molar-refractivity contribution in [1.82, 2.24) is 10.3 Å². The summed E-state index contributed by atoms with van der Waals surface area (Å²) in [4.78, 5) is 4.19. The first kappa shape index (κ1) is 13.2. The first-order valence-electron chi connectivity index (χ1n) is 5.97. The van der Waals surface area contributed by atoms with Crippen LogP contribution >= 0.6 is 0 Å². The minimum absolute atomic E-state index is 0.187. The summed E-state index contributed by atoms with van der Waals surface area (Å²) >= 11 is 0. The van der Waals surface area contributed by atoms with Crippen LogP contribution in [-0.4, -0.2) is 17.1 Å². The maximum atomic E-state index is 4.19. The molecule has 0 aromatic carbocycles. The number of hydrogen-bond acceptors (Lipinski definition) is 2. The molecule has 0 aliphatic carbocycles. The predicted octanol–water partition coefficient (Wildman–Crippen LogP) is 3.14. The molecule has 2 nitrogen and oxygen atoms in total. The van der Waals surface area contributed by atoms with Crippen molar-refractivity contribution in [2.75, 3.05) is 6.54 Å². The van der Waals surface area contributed by atoms with Crippen LogP contribution in [0.1, 0.15) is 46.6 Å². The summed E-state index contributed by atoms with van der Waals surface area (Å²) in [5.41, 5.74) is 1.70. The lowest BCUT2D eigenvalue weighted by Gasteiger charge is -2.28. The summed E-state index contributed by atoms with van der Waals surface area (Å²) in [5, 5.41) is 3.53. The van der Waals surface area contributed by atoms with Crippen LogP contribution in [-0.2, 0) is 5.41 Å². The number of nitrogens with one attached hydrogen (secondary N) is 1. The van der Waals surface area contributed by atoms with E-state index in [9.17, 15) is 0 Å². The van der Waals surface area contributed by atoms with E-state index in [0.717, 1.165) is 13.0 Å². The first-order chi connectivity index (χ1) is 7.31. The fourth-order valence-corrected chi connectivity index (χ4v) is 1.66. The highest BCUT2D eigenvalue weighted by Crippen LogP contribution is 2.25. The highest BCUT2D eigenvalue weighted by atomic mass is 14.9. The van der Waals surface area contributed by atoms with E-state index >= 15 is 0 Å². The second-order valence-electron chi connectivity index (χ2n) is 6.05. The summed E-state index contributed by atoms with van der Waals surface area (Å²) in [7, 11) is 0. The summed E-state index contributed by atoms with van der Waals surface area (Å²) in [6, 6.07) is 4.17. The van der Waals surface area contributed by atoms with Crippen molar-refractivity contribution in [3.8, 4) is 0 Å². The Kier molecular flexibility index (Phi) is 4.09. The van der Waals surface area contributed by atoms with E-state index in [-0.39, 0.29) is 11.0 Å². The van der Waals surface area contributed by atoms with E-state index in [2.05, 4.69) is 51.0 Å². The smallest absolute Gasteiger partial charge is 0.0305 e. The highest BCUT2D eigenvalue weighted by molar-refractivity contribution is 5.19. The third-order valence-corrected chi connectivity index (χ3v) is 2.85. The average Bonchev–Trinajstić information content (AvgIpc) is 2.17. The quantitative estimate of drug-likeness (QED) is 0.843. The molecule has 0 radical (unpaired) electrons. The third-order valence-electron chi connectivity index (χ3n) is 2.85. The minimum atomic E-state index is 0.187. The summed E-state index contributed by atoms with van der Waals surface area (Å²) in [5.74, 6) is 0. The largest absolute Gasteiger partial charge is 0.312 e. The molecule has 0 fully saturated rings. The van der Waals surface area contributed by atoms with E-state index in [1.54, 1.807) is 0 Å². The van der Waals surface area contributed by atoms with Gasteiger partial charge in [0.25, 0.3) is 0 Å². The molecular weight excluding hydrogens is 196 g/mol. The van der Waals surface area contributed by atoms with Crippen LogP contribution in [0, 0.1) is 0 Å². The summed E-state index contributed by atoms with van der Waals surface area (Å²) < 4.78 is 0. The first-order valence-corrected chi connectivity index (χ1v) is 5.97. The van der Waals surface area contributed by atoms with Gasteiger partial charge in [-0.1, -0.05) is 19.9 Å². The Hall–Kier alpha value is -0.890. The zero-order valence-corrected chi connectivity index (χ0v) is 11.2. The van der Waals surface area contributed by atoms with Crippen molar-refractivity contribution >= 4 is 0 Å². The topological polar surface area (TPSA) is 24.9 Å². The molecule has 0 amide bonds. The monoisotopic (exact) mass is 220 g/mol. The summed E-state index contributed by atoms with van der Waals surface area (Å²) in [6.45, 7) is 12.2. The lowest BCUT2D eigenvalue weighted by molar-refractivity contribution is 0.379. The second kappa shape index (κ2) is 4.96. The van der Waals surface area contributed by atoms with Crippen molar-refractivity contribution in [2.24, 2.45) is 0 Å². The van der Waals surface area contributed by atoms with E-state index in [4.69, 9.17) is 0 Å². The molecule has 16 heavy (non-hydrogen) atoms. The Morgan fingerprint density at radius 3 is 2.38 bits per heavy atom. The van der Waals surface area contributed by atoms with Crippen molar-refractivity contribution in [3.63, 3.8) is 0 Å². The van der Waals surface area contributed by atoms with Gasteiger partial charge in [0, 0.05) is 17.9 Å². The third kappa shape index (κ3) is 4.31. The number of pyridine rings is 1. The number of aromatic nitrogens is 1. The van der Waals surface area contributed by atoms with Gasteiger partial charge in [-0.05, 0) is 50.8 Å². The van der Waals surface area contributed by atoms with Crippen molar-refractivity contribution in [1.29, 1.82) is 0 Å². The lowest BCUT2D eigenvalue weighted by Crippen LogP contribution is -2.38.